The predicted octanol–water partition coefficient (Wildman–Crippen LogP) is 1.68. The second-order valence-corrected chi connectivity index (χ2v) is 9.38. The number of hydrogen-bond donors (Lipinski definition) is 1. The summed E-state index contributed by atoms with van der Waals surface area (Å²) in [6.45, 7) is 2.60. The number of nitriles is 1. The normalized spacial score (nSPS) is 16.9. The van der Waals surface area contributed by atoms with E-state index >= 15 is 0 Å². The van der Waals surface area contributed by atoms with Gasteiger partial charge in [-0.2, -0.15) is 5.26 Å². The molecule has 10 heteroatoms. The van der Waals surface area contributed by atoms with Gasteiger partial charge in [-0.3, -0.25) is 19.3 Å². The van der Waals surface area contributed by atoms with Crippen LogP contribution in [0.1, 0.15) is 52.1 Å². The summed E-state index contributed by atoms with van der Waals surface area (Å²) in [7, 11) is 3.53. The Morgan fingerprint density at radius 1 is 1.31 bits per heavy atom. The van der Waals surface area contributed by atoms with Crippen molar-refractivity contribution in [3.05, 3.63) is 52.5 Å². The Labute approximate surface area is 210 Å². The van der Waals surface area contributed by atoms with E-state index in [4.69, 9.17) is 4.74 Å². The molecule has 1 aliphatic carbocycles. The lowest BCUT2D eigenvalue weighted by molar-refractivity contribution is -0.136. The number of rotatable bonds is 10. The number of methoxy groups -OCH3 is 1. The Balaban J connectivity index is 1.49. The van der Waals surface area contributed by atoms with Crippen LogP contribution in [0.2, 0.25) is 0 Å². The van der Waals surface area contributed by atoms with Crippen molar-refractivity contribution >= 4 is 23.9 Å². The zero-order chi connectivity index (χ0) is 25.7. The zero-order valence-electron chi connectivity index (χ0n) is 20.6. The quantitative estimate of drug-likeness (QED) is 0.394. The van der Waals surface area contributed by atoms with E-state index < -0.39 is 5.41 Å². The molecule has 0 radical (unpaired) electrons. The Bertz CT molecular complexity index is 1200. The van der Waals surface area contributed by atoms with E-state index in [1.54, 1.807) is 30.2 Å². The number of amides is 2. The van der Waals surface area contributed by atoms with Crippen molar-refractivity contribution in [1.29, 1.82) is 5.26 Å². The number of hydrogen-bond acceptors (Lipinski definition) is 8. The molecule has 2 aromatic heterocycles. The molecular weight excluding hydrogens is 460 g/mol. The van der Waals surface area contributed by atoms with Crippen LogP contribution in [-0.4, -0.2) is 78.3 Å². The third-order valence-electron chi connectivity index (χ3n) is 6.82. The molecule has 188 valence electrons. The second kappa shape index (κ2) is 10.9. The van der Waals surface area contributed by atoms with Crippen LogP contribution in [-0.2, 0) is 32.7 Å². The molecule has 1 saturated heterocycles. The third-order valence-corrected chi connectivity index (χ3v) is 6.82. The minimum absolute atomic E-state index is 0.0132. The van der Waals surface area contributed by atoms with Gasteiger partial charge in [0.2, 0.25) is 11.8 Å². The lowest BCUT2D eigenvalue weighted by atomic mass is 9.98. The third kappa shape index (κ3) is 5.42. The molecule has 2 aliphatic rings. The van der Waals surface area contributed by atoms with Gasteiger partial charge in [-0.1, -0.05) is 6.07 Å². The fraction of sp³-hybridized carbons (Fsp3) is 0.462. The van der Waals surface area contributed by atoms with Gasteiger partial charge in [0, 0.05) is 45.1 Å². The molecule has 1 saturated carbocycles. The van der Waals surface area contributed by atoms with Gasteiger partial charge >= 0.3 is 0 Å². The SMILES string of the molecule is COCCCc1cc(NC(=O)C2(c3ccc(CN4CCN(C)CC4=O)c(C=O)n3)CC2)ncc1C#N. The molecule has 3 heterocycles. The Hall–Kier alpha value is -3.68. The van der Waals surface area contributed by atoms with Gasteiger partial charge in [0.05, 0.1) is 23.2 Å². The Morgan fingerprint density at radius 3 is 2.78 bits per heavy atom. The number of ether oxygens (including phenoxy) is 1. The maximum absolute atomic E-state index is 13.3. The summed E-state index contributed by atoms with van der Waals surface area (Å²) in [5.41, 5.74) is 1.88. The van der Waals surface area contributed by atoms with Crippen LogP contribution in [0.15, 0.2) is 24.4 Å². The average Bonchev–Trinajstić information content (AvgIpc) is 3.68. The van der Waals surface area contributed by atoms with E-state index in [-0.39, 0.29) is 17.5 Å². The molecule has 0 bridgehead atoms. The first-order chi connectivity index (χ1) is 17.4. The van der Waals surface area contributed by atoms with Crippen molar-refractivity contribution in [3.63, 3.8) is 0 Å². The van der Waals surface area contributed by atoms with Gasteiger partial charge in [0.15, 0.2) is 6.29 Å². The van der Waals surface area contributed by atoms with Crippen LogP contribution >= 0.6 is 0 Å². The molecule has 36 heavy (non-hydrogen) atoms. The molecule has 0 atom stereocenters. The van der Waals surface area contributed by atoms with E-state index in [1.807, 2.05) is 11.9 Å². The van der Waals surface area contributed by atoms with Crippen molar-refractivity contribution in [2.45, 2.75) is 37.6 Å². The maximum Gasteiger partial charge on any atom is 0.237 e. The van der Waals surface area contributed by atoms with Crippen LogP contribution in [0.4, 0.5) is 5.82 Å². The number of aryl methyl sites for hydroxylation is 1. The molecule has 2 amide bonds. The maximum atomic E-state index is 13.3. The van der Waals surface area contributed by atoms with Crippen LogP contribution in [0.3, 0.4) is 0 Å². The molecule has 0 unspecified atom stereocenters. The minimum Gasteiger partial charge on any atom is -0.385 e. The summed E-state index contributed by atoms with van der Waals surface area (Å²) in [5.74, 6) is 0.145. The molecular formula is C26H30N6O4. The molecule has 2 aromatic rings. The molecule has 0 spiro atoms. The van der Waals surface area contributed by atoms with E-state index in [2.05, 4.69) is 21.4 Å². The summed E-state index contributed by atoms with van der Waals surface area (Å²) < 4.78 is 5.09. The standard InChI is InChI=1S/C26H30N6O4/c1-31-9-10-32(24(34)16-31)15-19-5-6-22(29-21(19)17-33)26(7-8-26)25(35)30-23-12-18(4-3-11-36-2)20(13-27)14-28-23/h5-6,12,14,17H,3-4,7-11,15-16H2,1-2H3,(H,28,30,35). The van der Waals surface area contributed by atoms with Gasteiger partial charge in [0.1, 0.15) is 17.6 Å². The van der Waals surface area contributed by atoms with Gasteiger partial charge in [-0.15, -0.1) is 0 Å². The summed E-state index contributed by atoms with van der Waals surface area (Å²) in [5, 5.41) is 12.2. The minimum atomic E-state index is -0.828. The highest BCUT2D eigenvalue weighted by atomic mass is 16.5. The van der Waals surface area contributed by atoms with E-state index in [9.17, 15) is 19.6 Å². The van der Waals surface area contributed by atoms with Crippen molar-refractivity contribution in [2.24, 2.45) is 0 Å². The number of aromatic nitrogens is 2. The lowest BCUT2D eigenvalue weighted by Crippen LogP contribution is -2.48. The highest BCUT2D eigenvalue weighted by molar-refractivity contribution is 6.00. The van der Waals surface area contributed by atoms with Crippen molar-refractivity contribution in [3.8, 4) is 6.07 Å². The first kappa shape index (κ1) is 25.4. The number of pyridine rings is 2. The number of likely N-dealkylation sites (N-methyl/N-ethyl adjacent to an activating group) is 1. The number of anilines is 1. The molecule has 10 nitrogen and oxygen atoms in total. The van der Waals surface area contributed by atoms with Crippen molar-refractivity contribution < 1.29 is 19.1 Å². The molecule has 1 N–H and O–H groups in total. The predicted molar refractivity (Wildman–Crippen MR) is 131 cm³/mol. The van der Waals surface area contributed by atoms with Crippen molar-refractivity contribution in [2.75, 3.05) is 45.7 Å². The fourth-order valence-electron chi connectivity index (χ4n) is 4.45. The first-order valence-corrected chi connectivity index (χ1v) is 12.0. The van der Waals surface area contributed by atoms with E-state index in [0.29, 0.717) is 74.4 Å². The average molecular weight is 491 g/mol. The summed E-state index contributed by atoms with van der Waals surface area (Å²) in [6, 6.07) is 7.43. The monoisotopic (exact) mass is 490 g/mol. The van der Waals surface area contributed by atoms with Crippen LogP contribution in [0, 0.1) is 11.3 Å². The Morgan fingerprint density at radius 2 is 2.11 bits per heavy atom. The highest BCUT2D eigenvalue weighted by Crippen LogP contribution is 2.48. The van der Waals surface area contributed by atoms with E-state index in [1.165, 1.54) is 6.20 Å². The molecule has 0 aromatic carbocycles. The van der Waals surface area contributed by atoms with Gasteiger partial charge in [0.25, 0.3) is 0 Å². The highest BCUT2D eigenvalue weighted by Gasteiger charge is 2.53. The summed E-state index contributed by atoms with van der Waals surface area (Å²) in [4.78, 5) is 49.9. The molecule has 1 aliphatic heterocycles. The van der Waals surface area contributed by atoms with Crippen LogP contribution in [0.25, 0.3) is 0 Å². The number of aldehydes is 1. The van der Waals surface area contributed by atoms with Gasteiger partial charge < -0.3 is 15.0 Å². The van der Waals surface area contributed by atoms with Gasteiger partial charge in [-0.05, 0) is 50.4 Å². The topological polar surface area (TPSA) is 129 Å². The smallest absolute Gasteiger partial charge is 0.237 e. The summed E-state index contributed by atoms with van der Waals surface area (Å²) in [6.07, 6.45) is 4.75. The van der Waals surface area contributed by atoms with Gasteiger partial charge in [-0.25, -0.2) is 9.97 Å². The fourth-order valence-corrected chi connectivity index (χ4v) is 4.45. The number of carbonyl (C=O) groups excluding carboxylic acids is 3. The van der Waals surface area contributed by atoms with E-state index in [0.717, 1.165) is 18.5 Å². The van der Waals surface area contributed by atoms with Crippen LogP contribution in [0.5, 0.6) is 0 Å². The van der Waals surface area contributed by atoms with Crippen LogP contribution < -0.4 is 5.32 Å². The largest absolute Gasteiger partial charge is 0.385 e. The number of nitrogens with one attached hydrogen (secondary N) is 1. The zero-order valence-corrected chi connectivity index (χ0v) is 20.6. The molecule has 4 rings (SSSR count). The first-order valence-electron chi connectivity index (χ1n) is 12.0. The number of carbonyl (C=O) groups is 3. The number of nitrogens with zero attached hydrogens (tertiary/aromatic N) is 5. The summed E-state index contributed by atoms with van der Waals surface area (Å²) >= 11 is 0. The second-order valence-electron chi connectivity index (χ2n) is 9.38. The molecule has 2 fully saturated rings. The lowest BCUT2D eigenvalue weighted by Gasteiger charge is -2.32. The van der Waals surface area contributed by atoms with Crippen molar-refractivity contribution in [1.82, 2.24) is 19.8 Å². The Kier molecular flexibility index (Phi) is 7.72. The number of piperazine rings is 1.